The summed E-state index contributed by atoms with van der Waals surface area (Å²) in [6.07, 6.45) is 3.07. The van der Waals surface area contributed by atoms with Crippen LogP contribution in [0.3, 0.4) is 0 Å². The van der Waals surface area contributed by atoms with Crippen LogP contribution in [0.25, 0.3) is 0 Å². The van der Waals surface area contributed by atoms with E-state index in [1.165, 1.54) is 19.1 Å². The first kappa shape index (κ1) is 15.9. The zero-order chi connectivity index (χ0) is 17.0. The number of aliphatic hydroxyl groups is 1. The second-order valence-corrected chi connectivity index (χ2v) is 6.76. The molecule has 124 valence electrons. The molecule has 3 rings (SSSR count). The highest BCUT2D eigenvalue weighted by molar-refractivity contribution is 6.01. The minimum Gasteiger partial charge on any atom is -0.465 e. The maximum Gasteiger partial charge on any atom is 0.334 e. The third kappa shape index (κ3) is 2.01. The normalized spacial score (nSPS) is 42.0. The molecule has 0 radical (unpaired) electrons. The molecule has 2 aliphatic carbocycles. The summed E-state index contributed by atoms with van der Waals surface area (Å²) >= 11 is 0. The standard InChI is InChI=1S/C17H20O6/c1-9-12-5-4-11(8-22-10(2)18)17(21)7-6-13(19)16(17,3)14(12)23-15(9)20/h6-7,11-12,14,21H,1,4-5,8H2,2-3H3. The van der Waals surface area contributed by atoms with Crippen molar-refractivity contribution in [2.75, 3.05) is 6.61 Å². The van der Waals surface area contributed by atoms with Crippen molar-refractivity contribution in [3.05, 3.63) is 24.3 Å². The zero-order valence-corrected chi connectivity index (χ0v) is 13.2. The predicted octanol–water partition coefficient (Wildman–Crippen LogP) is 0.934. The van der Waals surface area contributed by atoms with Crippen molar-refractivity contribution in [1.82, 2.24) is 0 Å². The Hall–Kier alpha value is -1.95. The highest BCUT2D eigenvalue weighted by Crippen LogP contribution is 2.56. The van der Waals surface area contributed by atoms with Gasteiger partial charge >= 0.3 is 11.9 Å². The summed E-state index contributed by atoms with van der Waals surface area (Å²) in [7, 11) is 0. The van der Waals surface area contributed by atoms with Gasteiger partial charge in [0.1, 0.15) is 17.1 Å². The van der Waals surface area contributed by atoms with E-state index < -0.39 is 35.0 Å². The lowest BCUT2D eigenvalue weighted by Gasteiger charge is -2.44. The van der Waals surface area contributed by atoms with Crippen LogP contribution in [0.5, 0.6) is 0 Å². The van der Waals surface area contributed by atoms with Gasteiger partial charge in [-0.25, -0.2) is 4.79 Å². The zero-order valence-electron chi connectivity index (χ0n) is 13.2. The molecule has 3 aliphatic rings. The van der Waals surface area contributed by atoms with Gasteiger partial charge in [-0.15, -0.1) is 0 Å². The molecule has 1 N–H and O–H groups in total. The quantitative estimate of drug-likeness (QED) is 0.601. The molecule has 23 heavy (non-hydrogen) atoms. The largest absolute Gasteiger partial charge is 0.465 e. The molecule has 0 spiro atoms. The van der Waals surface area contributed by atoms with Crippen LogP contribution in [0.1, 0.15) is 26.7 Å². The van der Waals surface area contributed by atoms with E-state index in [1.807, 2.05) is 0 Å². The number of esters is 2. The molecular formula is C17H20O6. The second kappa shape index (κ2) is 5.03. The van der Waals surface area contributed by atoms with Gasteiger partial charge in [0.25, 0.3) is 0 Å². The summed E-state index contributed by atoms with van der Waals surface area (Å²) in [5.74, 6) is -2.00. The molecule has 0 aromatic heterocycles. The van der Waals surface area contributed by atoms with Gasteiger partial charge in [0.2, 0.25) is 0 Å². The van der Waals surface area contributed by atoms with E-state index in [9.17, 15) is 19.5 Å². The molecule has 1 saturated heterocycles. The van der Waals surface area contributed by atoms with Gasteiger partial charge < -0.3 is 14.6 Å². The summed E-state index contributed by atoms with van der Waals surface area (Å²) in [6.45, 7) is 6.71. The van der Waals surface area contributed by atoms with Crippen molar-refractivity contribution in [2.24, 2.45) is 17.3 Å². The molecule has 0 amide bonds. The van der Waals surface area contributed by atoms with Crippen LogP contribution in [0.2, 0.25) is 0 Å². The molecule has 1 saturated carbocycles. The van der Waals surface area contributed by atoms with Crippen molar-refractivity contribution in [3.8, 4) is 0 Å². The van der Waals surface area contributed by atoms with E-state index in [4.69, 9.17) is 9.47 Å². The molecule has 0 aromatic carbocycles. The number of carbonyl (C=O) groups is 3. The summed E-state index contributed by atoms with van der Waals surface area (Å²) in [4.78, 5) is 35.6. The maximum absolute atomic E-state index is 12.6. The van der Waals surface area contributed by atoms with E-state index in [-0.39, 0.29) is 18.3 Å². The fourth-order valence-corrected chi connectivity index (χ4v) is 4.16. The van der Waals surface area contributed by atoms with Crippen LogP contribution in [-0.2, 0) is 23.9 Å². The van der Waals surface area contributed by atoms with Crippen LogP contribution in [-0.4, -0.2) is 41.1 Å². The average Bonchev–Trinajstić information content (AvgIpc) is 2.87. The van der Waals surface area contributed by atoms with Crippen LogP contribution < -0.4 is 0 Å². The lowest BCUT2D eigenvalue weighted by molar-refractivity contribution is -0.170. The lowest BCUT2D eigenvalue weighted by Crippen LogP contribution is -2.58. The summed E-state index contributed by atoms with van der Waals surface area (Å²) in [5, 5.41) is 11.3. The molecule has 1 aliphatic heterocycles. The summed E-state index contributed by atoms with van der Waals surface area (Å²) in [6, 6.07) is 0. The first-order valence-corrected chi connectivity index (χ1v) is 7.71. The molecule has 1 heterocycles. The Labute approximate surface area is 134 Å². The fourth-order valence-electron chi connectivity index (χ4n) is 4.16. The van der Waals surface area contributed by atoms with Gasteiger partial charge in [-0.1, -0.05) is 6.58 Å². The minimum atomic E-state index is -1.52. The molecule has 0 aromatic rings. The SMILES string of the molecule is C=C1C(=O)OC2C1CCC(COC(C)=O)C1(O)C=CC(=O)C21C. The smallest absolute Gasteiger partial charge is 0.334 e. The minimum absolute atomic E-state index is 0.0128. The van der Waals surface area contributed by atoms with E-state index in [0.717, 1.165) is 0 Å². The van der Waals surface area contributed by atoms with Crippen LogP contribution in [0.15, 0.2) is 24.3 Å². The van der Waals surface area contributed by atoms with Gasteiger partial charge in [-0.2, -0.15) is 0 Å². The Balaban J connectivity index is 2.03. The molecule has 6 heteroatoms. The number of ether oxygens (including phenoxy) is 2. The Morgan fingerprint density at radius 2 is 2.17 bits per heavy atom. The number of fused-ring (bicyclic) bond motifs is 3. The van der Waals surface area contributed by atoms with Gasteiger partial charge in [0.15, 0.2) is 5.78 Å². The van der Waals surface area contributed by atoms with Crippen LogP contribution >= 0.6 is 0 Å². The molecule has 2 fully saturated rings. The topological polar surface area (TPSA) is 89.9 Å². The third-order valence-electron chi connectivity index (χ3n) is 5.65. The predicted molar refractivity (Wildman–Crippen MR) is 79.1 cm³/mol. The van der Waals surface area contributed by atoms with Crippen molar-refractivity contribution < 1.29 is 29.0 Å². The maximum atomic E-state index is 12.6. The van der Waals surface area contributed by atoms with Crippen molar-refractivity contribution in [2.45, 2.75) is 38.4 Å². The van der Waals surface area contributed by atoms with Crippen LogP contribution in [0, 0.1) is 17.3 Å². The van der Waals surface area contributed by atoms with Crippen molar-refractivity contribution in [3.63, 3.8) is 0 Å². The number of hydrogen-bond donors (Lipinski definition) is 1. The summed E-state index contributed by atoms with van der Waals surface area (Å²) < 4.78 is 10.5. The Kier molecular flexibility index (Phi) is 3.48. The first-order chi connectivity index (χ1) is 10.7. The Morgan fingerprint density at radius 1 is 1.48 bits per heavy atom. The second-order valence-electron chi connectivity index (χ2n) is 6.76. The average molecular weight is 320 g/mol. The van der Waals surface area contributed by atoms with E-state index in [0.29, 0.717) is 18.4 Å². The molecule has 6 nitrogen and oxygen atoms in total. The highest BCUT2D eigenvalue weighted by atomic mass is 16.6. The first-order valence-electron chi connectivity index (χ1n) is 7.71. The van der Waals surface area contributed by atoms with Gasteiger partial charge in [0, 0.05) is 24.3 Å². The van der Waals surface area contributed by atoms with Crippen molar-refractivity contribution in [1.29, 1.82) is 0 Å². The number of ketones is 1. The lowest BCUT2D eigenvalue weighted by atomic mass is 9.64. The number of allylic oxidation sites excluding steroid dienone is 1. The third-order valence-corrected chi connectivity index (χ3v) is 5.65. The molecule has 0 bridgehead atoms. The monoisotopic (exact) mass is 320 g/mol. The van der Waals surface area contributed by atoms with Crippen molar-refractivity contribution >= 4 is 17.7 Å². The highest BCUT2D eigenvalue weighted by Gasteiger charge is 2.67. The Morgan fingerprint density at radius 3 is 2.83 bits per heavy atom. The number of carbonyl (C=O) groups excluding carboxylic acids is 3. The number of rotatable bonds is 2. The van der Waals surface area contributed by atoms with E-state index in [2.05, 4.69) is 6.58 Å². The van der Waals surface area contributed by atoms with Gasteiger partial charge in [-0.05, 0) is 31.9 Å². The number of hydrogen-bond acceptors (Lipinski definition) is 6. The van der Waals surface area contributed by atoms with Gasteiger partial charge in [0.05, 0.1) is 6.61 Å². The molecule has 5 unspecified atom stereocenters. The van der Waals surface area contributed by atoms with Gasteiger partial charge in [-0.3, -0.25) is 9.59 Å². The Bertz CT molecular complexity index is 635. The summed E-state index contributed by atoms with van der Waals surface area (Å²) in [5.41, 5.74) is -2.48. The molecule has 5 atom stereocenters. The van der Waals surface area contributed by atoms with E-state index >= 15 is 0 Å². The fraction of sp³-hybridized carbons (Fsp3) is 0.588. The van der Waals surface area contributed by atoms with E-state index in [1.54, 1.807) is 6.92 Å². The molecular weight excluding hydrogens is 300 g/mol. The van der Waals surface area contributed by atoms with Crippen LogP contribution in [0.4, 0.5) is 0 Å².